The van der Waals surface area contributed by atoms with Crippen molar-refractivity contribution in [3.8, 4) is 6.07 Å². The summed E-state index contributed by atoms with van der Waals surface area (Å²) in [5.74, 6) is -0.242. The number of halogens is 2. The minimum absolute atomic E-state index is 0.0248. The maximum Gasteiger partial charge on any atom is 0.224 e. The number of imidazole rings is 1. The molecule has 3 heterocycles. The number of rotatable bonds is 6. The van der Waals surface area contributed by atoms with E-state index in [9.17, 15) is 9.18 Å². The lowest BCUT2D eigenvalue weighted by Crippen LogP contribution is -2.56. The number of nitrogens with one attached hydrogen (secondary N) is 2. The van der Waals surface area contributed by atoms with Gasteiger partial charge < -0.3 is 21.1 Å². The van der Waals surface area contributed by atoms with Crippen LogP contribution in [0.2, 0.25) is 5.02 Å². The molecule has 1 spiro atoms. The van der Waals surface area contributed by atoms with Crippen LogP contribution in [0.25, 0.3) is 11.2 Å². The van der Waals surface area contributed by atoms with Crippen molar-refractivity contribution in [1.82, 2.24) is 19.5 Å². The third kappa shape index (κ3) is 4.34. The molecule has 2 aliphatic carbocycles. The Morgan fingerprint density at radius 1 is 1.24 bits per heavy atom. The third-order valence-corrected chi connectivity index (χ3v) is 8.11. The molecular formula is C25H26ClFN8O2. The fraction of sp³-hybridized carbons (Fsp3) is 0.480. The van der Waals surface area contributed by atoms with Crippen molar-refractivity contribution < 1.29 is 13.9 Å². The minimum Gasteiger partial charge on any atom is -0.380 e. The lowest BCUT2D eigenvalue weighted by Gasteiger charge is -2.53. The molecule has 3 aromatic rings. The zero-order valence-corrected chi connectivity index (χ0v) is 20.8. The molecule has 10 nitrogen and oxygen atoms in total. The molecule has 0 atom stereocenters. The summed E-state index contributed by atoms with van der Waals surface area (Å²) >= 11 is 6.31. The van der Waals surface area contributed by atoms with Crippen LogP contribution in [0.4, 0.5) is 22.0 Å². The summed E-state index contributed by atoms with van der Waals surface area (Å²) in [4.78, 5) is 25.6. The summed E-state index contributed by atoms with van der Waals surface area (Å²) in [5.41, 5.74) is 7.16. The second-order valence-electron chi connectivity index (χ2n) is 10.4. The predicted octanol–water partition coefficient (Wildman–Crippen LogP) is 4.04. The van der Waals surface area contributed by atoms with Gasteiger partial charge >= 0.3 is 0 Å². The lowest BCUT2D eigenvalue weighted by molar-refractivity contribution is -0.160. The molecule has 0 bridgehead atoms. The van der Waals surface area contributed by atoms with Gasteiger partial charge in [0.05, 0.1) is 41.8 Å². The van der Waals surface area contributed by atoms with E-state index in [2.05, 4.69) is 20.6 Å². The number of nitrogens with two attached hydrogens (primary N) is 1. The number of ether oxygens (including phenoxy) is 1. The van der Waals surface area contributed by atoms with E-state index in [1.807, 2.05) is 10.6 Å². The molecular weight excluding hydrogens is 499 g/mol. The van der Waals surface area contributed by atoms with Gasteiger partial charge in [-0.15, -0.1) is 0 Å². The van der Waals surface area contributed by atoms with Crippen LogP contribution >= 0.6 is 11.6 Å². The number of carbonyl (C=O) groups is 1. The minimum atomic E-state index is -0.660. The monoisotopic (exact) mass is 524 g/mol. The van der Waals surface area contributed by atoms with Crippen LogP contribution in [-0.4, -0.2) is 44.7 Å². The number of benzene rings is 1. The van der Waals surface area contributed by atoms with Crippen molar-refractivity contribution in [2.75, 3.05) is 23.8 Å². The fourth-order valence-electron chi connectivity index (χ4n) is 5.78. The highest BCUT2D eigenvalue weighted by Gasteiger charge is 2.50. The number of fused-ring (bicyclic) bond motifs is 1. The van der Waals surface area contributed by atoms with Gasteiger partial charge in [0.2, 0.25) is 17.8 Å². The average Bonchev–Trinajstić information content (AvgIpc) is 3.19. The number of hydrogen-bond donors (Lipinski definition) is 3. The summed E-state index contributed by atoms with van der Waals surface area (Å²) < 4.78 is 22.2. The van der Waals surface area contributed by atoms with Crippen LogP contribution in [0.15, 0.2) is 18.3 Å². The molecule has 4 N–H and O–H groups in total. The van der Waals surface area contributed by atoms with Gasteiger partial charge in [0, 0.05) is 23.4 Å². The van der Waals surface area contributed by atoms with E-state index in [0.717, 1.165) is 32.1 Å². The average molecular weight is 525 g/mol. The molecule has 1 saturated heterocycles. The van der Waals surface area contributed by atoms with Gasteiger partial charge in [-0.25, -0.2) is 14.4 Å². The van der Waals surface area contributed by atoms with Crippen molar-refractivity contribution in [3.05, 3.63) is 34.7 Å². The first kappa shape index (κ1) is 23.9. The van der Waals surface area contributed by atoms with Gasteiger partial charge in [-0.2, -0.15) is 10.2 Å². The van der Waals surface area contributed by atoms with Crippen LogP contribution < -0.4 is 16.4 Å². The van der Waals surface area contributed by atoms with Gasteiger partial charge in [0.25, 0.3) is 0 Å². The topological polar surface area (TPSA) is 144 Å². The molecule has 0 radical (unpaired) electrons. The molecule has 2 aromatic heterocycles. The van der Waals surface area contributed by atoms with Gasteiger partial charge in [-0.1, -0.05) is 11.6 Å². The Labute approximate surface area is 217 Å². The zero-order chi connectivity index (χ0) is 25.7. The summed E-state index contributed by atoms with van der Waals surface area (Å²) in [6, 6.07) is 4.67. The largest absolute Gasteiger partial charge is 0.380 e. The molecule has 192 valence electrons. The molecule has 0 unspecified atom stereocenters. The highest BCUT2D eigenvalue weighted by Crippen LogP contribution is 2.47. The first-order valence-corrected chi connectivity index (χ1v) is 12.8. The maximum absolute atomic E-state index is 14.9. The summed E-state index contributed by atoms with van der Waals surface area (Å²) in [7, 11) is 0. The Hall–Kier alpha value is -3.49. The molecule has 6 rings (SSSR count). The summed E-state index contributed by atoms with van der Waals surface area (Å²) in [5, 5.41) is 15.6. The molecule has 1 aromatic carbocycles. The van der Waals surface area contributed by atoms with E-state index < -0.39 is 5.82 Å². The van der Waals surface area contributed by atoms with Gasteiger partial charge in [-0.05, 0) is 50.7 Å². The standard InChI is InChI=1S/C25H26ClFN8O2/c26-17-5-13(9-28)6-18(27)20(17)33-24-32-19-10-30-23(31-15-7-25(8-15)11-37-12-25)34-22(19)35(24)16-3-1-14(2-4-16)21(29)36/h5-6,10,14-16H,1-4,7-8,11-12H2,(H2,29,36)(H,32,33)(H,30,31,34). The van der Waals surface area contributed by atoms with E-state index >= 15 is 0 Å². The van der Waals surface area contributed by atoms with E-state index in [-0.39, 0.29) is 40.2 Å². The molecule has 3 aliphatic rings. The Kier molecular flexibility index (Phi) is 5.88. The van der Waals surface area contributed by atoms with E-state index in [1.165, 1.54) is 6.07 Å². The van der Waals surface area contributed by atoms with E-state index in [0.29, 0.717) is 54.2 Å². The van der Waals surface area contributed by atoms with Crippen LogP contribution in [0.5, 0.6) is 0 Å². The van der Waals surface area contributed by atoms with Gasteiger partial charge in [0.1, 0.15) is 11.3 Å². The SMILES string of the molecule is N#Cc1cc(F)c(Nc2nc3cnc(NC4CC5(COC5)C4)nc3n2C2CCC(C(N)=O)CC2)c(Cl)c1. The van der Waals surface area contributed by atoms with Gasteiger partial charge in [-0.3, -0.25) is 9.36 Å². The summed E-state index contributed by atoms with van der Waals surface area (Å²) in [6.07, 6.45) is 6.37. The molecule has 37 heavy (non-hydrogen) atoms. The number of primary amides is 1. The number of aromatic nitrogens is 4. The Balaban J connectivity index is 1.34. The van der Waals surface area contributed by atoms with Crippen molar-refractivity contribution >= 4 is 46.3 Å². The molecule has 3 fully saturated rings. The number of nitriles is 1. The smallest absolute Gasteiger partial charge is 0.224 e. The Bertz CT molecular complexity index is 1390. The lowest BCUT2D eigenvalue weighted by atomic mass is 9.64. The molecule has 1 aliphatic heterocycles. The van der Waals surface area contributed by atoms with Crippen molar-refractivity contribution in [2.45, 2.75) is 50.6 Å². The number of nitrogens with zero attached hydrogens (tertiary/aromatic N) is 5. The third-order valence-electron chi connectivity index (χ3n) is 7.81. The van der Waals surface area contributed by atoms with E-state index in [1.54, 1.807) is 6.20 Å². The Morgan fingerprint density at radius 2 is 2.00 bits per heavy atom. The van der Waals surface area contributed by atoms with Crippen molar-refractivity contribution in [1.29, 1.82) is 5.26 Å². The van der Waals surface area contributed by atoms with Crippen LogP contribution in [0, 0.1) is 28.5 Å². The van der Waals surface area contributed by atoms with Gasteiger partial charge in [0.15, 0.2) is 5.65 Å². The number of anilines is 3. The molecule has 1 amide bonds. The maximum atomic E-state index is 14.9. The number of carbonyl (C=O) groups excluding carboxylic acids is 1. The predicted molar refractivity (Wildman–Crippen MR) is 135 cm³/mol. The van der Waals surface area contributed by atoms with Crippen molar-refractivity contribution in [3.63, 3.8) is 0 Å². The van der Waals surface area contributed by atoms with E-state index in [4.69, 9.17) is 32.3 Å². The van der Waals surface area contributed by atoms with Crippen molar-refractivity contribution in [2.24, 2.45) is 17.1 Å². The summed E-state index contributed by atoms with van der Waals surface area (Å²) in [6.45, 7) is 1.63. The normalized spacial score (nSPS) is 22.7. The highest BCUT2D eigenvalue weighted by molar-refractivity contribution is 6.33. The first-order chi connectivity index (χ1) is 17.8. The number of amides is 1. The molecule has 2 saturated carbocycles. The second kappa shape index (κ2) is 9.11. The fourth-order valence-corrected chi connectivity index (χ4v) is 6.03. The quantitative estimate of drug-likeness (QED) is 0.438. The zero-order valence-electron chi connectivity index (χ0n) is 20.0. The number of hydrogen-bond acceptors (Lipinski definition) is 8. The van der Waals surface area contributed by atoms with Crippen LogP contribution in [0.1, 0.15) is 50.1 Å². The van der Waals surface area contributed by atoms with Crippen LogP contribution in [-0.2, 0) is 9.53 Å². The van der Waals surface area contributed by atoms with Crippen LogP contribution in [0.3, 0.4) is 0 Å². The first-order valence-electron chi connectivity index (χ1n) is 12.4. The molecule has 12 heteroatoms. The second-order valence-corrected chi connectivity index (χ2v) is 10.8. The Morgan fingerprint density at radius 3 is 2.62 bits per heavy atom. The highest BCUT2D eigenvalue weighted by atomic mass is 35.5.